The molecule has 0 aromatic rings. The molecule has 0 saturated carbocycles. The molecular formula is C105H176O16P2. The van der Waals surface area contributed by atoms with Crippen molar-refractivity contribution in [1.29, 1.82) is 0 Å². The number of phosphoric ester groups is 2. The van der Waals surface area contributed by atoms with Gasteiger partial charge in [-0.25, -0.2) is 9.13 Å². The summed E-state index contributed by atoms with van der Waals surface area (Å²) in [6.07, 6.45) is 128. The zero-order valence-corrected chi connectivity index (χ0v) is 79.3. The maximum atomic E-state index is 13.1. The number of carbonyl (C=O) groups excluding carboxylic acids is 3. The van der Waals surface area contributed by atoms with Crippen molar-refractivity contribution < 1.29 is 75.8 Å². The topological polar surface area (TPSA) is 231 Å². The lowest BCUT2D eigenvalue weighted by molar-refractivity contribution is -0.161. The van der Waals surface area contributed by atoms with Crippen LogP contribution >= 0.6 is 15.6 Å². The highest BCUT2D eigenvalue weighted by Crippen LogP contribution is 2.45. The van der Waals surface area contributed by atoms with E-state index in [1.807, 2.05) is 0 Å². The average molecular weight is 1760 g/mol. The molecule has 0 spiro atoms. The molecule has 0 aliphatic heterocycles. The predicted octanol–water partition coefficient (Wildman–Crippen LogP) is 30.6. The Kier molecular flexibility index (Phi) is 91.1. The van der Waals surface area contributed by atoms with Gasteiger partial charge in [0.2, 0.25) is 0 Å². The van der Waals surface area contributed by atoms with Crippen LogP contribution in [0.2, 0.25) is 0 Å². The van der Waals surface area contributed by atoms with Crippen LogP contribution in [0.1, 0.15) is 393 Å². The molecule has 0 aliphatic rings. The second kappa shape index (κ2) is 95.5. The third-order valence-electron chi connectivity index (χ3n) is 20.3. The van der Waals surface area contributed by atoms with Crippen LogP contribution in [-0.2, 0) is 55.8 Å². The lowest BCUT2D eigenvalue weighted by Crippen LogP contribution is -2.30. The van der Waals surface area contributed by atoms with Gasteiger partial charge in [-0.3, -0.25) is 32.5 Å². The maximum absolute atomic E-state index is 13.1. The van der Waals surface area contributed by atoms with Crippen molar-refractivity contribution in [2.24, 2.45) is 0 Å². The summed E-state index contributed by atoms with van der Waals surface area (Å²) >= 11 is 0. The van der Waals surface area contributed by atoms with E-state index in [0.29, 0.717) is 19.3 Å². The number of ether oxygens (including phenoxy) is 3. The van der Waals surface area contributed by atoms with Gasteiger partial charge in [-0.2, -0.15) is 0 Å². The van der Waals surface area contributed by atoms with Crippen LogP contribution in [-0.4, -0.2) is 95.9 Å². The van der Waals surface area contributed by atoms with Crippen LogP contribution in [0.3, 0.4) is 0 Å². The lowest BCUT2D eigenvalue weighted by Gasteiger charge is -2.21. The number of allylic oxidation sites excluding steroid dienone is 32. The molecule has 0 aromatic heterocycles. The van der Waals surface area contributed by atoms with E-state index >= 15 is 0 Å². The molecule has 0 rings (SSSR count). The molecule has 0 fully saturated rings. The summed E-state index contributed by atoms with van der Waals surface area (Å²) < 4.78 is 61.6. The summed E-state index contributed by atoms with van der Waals surface area (Å²) in [4.78, 5) is 59.1. The van der Waals surface area contributed by atoms with E-state index in [1.54, 1.807) is 0 Å². The molecule has 5 atom stereocenters. The molecule has 123 heavy (non-hydrogen) atoms. The lowest BCUT2D eigenvalue weighted by atomic mass is 10.0. The number of carbonyl (C=O) groups is 3. The highest BCUT2D eigenvalue weighted by Gasteiger charge is 2.30. The zero-order valence-electron chi connectivity index (χ0n) is 77.5. The van der Waals surface area contributed by atoms with Crippen molar-refractivity contribution in [2.75, 3.05) is 39.6 Å². The van der Waals surface area contributed by atoms with E-state index in [2.05, 4.69) is 215 Å². The van der Waals surface area contributed by atoms with E-state index in [-0.39, 0.29) is 19.3 Å². The normalized spacial score (nSPS) is 14.6. The first-order valence-electron chi connectivity index (χ1n) is 48.7. The predicted molar refractivity (Wildman–Crippen MR) is 518 cm³/mol. The van der Waals surface area contributed by atoms with Crippen molar-refractivity contribution in [2.45, 2.75) is 411 Å². The SMILES string of the molecule is CC/C=C\C/C=C\C/C=C\C/C=C\C/C=C\C/C=C\CCCCCCC(=O)OC(COC(=O)CCCCCCCCCCCCCCC/C=C\C/C=C\C/C=C\C/C=C\C/C=C\CC)COP(=O)(O)OCC(O)COP(=O)(O)OCC(O)COC(=O)CCCCCCCCCCCCCCCCCCCCC/C=C\C/C=C\C/C=C\C/C=C\C/C=C\CC. The Morgan fingerprint density at radius 1 is 0.228 bits per heavy atom. The number of esters is 3. The van der Waals surface area contributed by atoms with E-state index in [1.165, 1.54) is 154 Å². The minimum Gasteiger partial charge on any atom is -0.463 e. The van der Waals surface area contributed by atoms with Crippen LogP contribution < -0.4 is 0 Å². The van der Waals surface area contributed by atoms with Crippen molar-refractivity contribution in [1.82, 2.24) is 0 Å². The first-order valence-corrected chi connectivity index (χ1v) is 51.7. The number of hydrogen-bond acceptors (Lipinski definition) is 14. The van der Waals surface area contributed by atoms with Crippen LogP contribution in [0.15, 0.2) is 194 Å². The van der Waals surface area contributed by atoms with Gasteiger partial charge in [0.05, 0.1) is 26.4 Å². The van der Waals surface area contributed by atoms with E-state index in [9.17, 15) is 43.5 Å². The van der Waals surface area contributed by atoms with E-state index in [0.717, 1.165) is 180 Å². The summed E-state index contributed by atoms with van der Waals surface area (Å²) in [5.74, 6) is -1.60. The highest BCUT2D eigenvalue weighted by molar-refractivity contribution is 7.47. The van der Waals surface area contributed by atoms with Crippen LogP contribution in [0.4, 0.5) is 0 Å². The molecule has 0 amide bonds. The number of phosphoric acid groups is 2. The summed E-state index contributed by atoms with van der Waals surface area (Å²) in [6.45, 7) is 2.35. The molecule has 0 aromatic carbocycles. The molecule has 0 bridgehead atoms. The number of hydrogen-bond donors (Lipinski definition) is 4. The minimum absolute atomic E-state index is 0.0691. The Hall–Kier alpha value is -5.61. The standard InChI is InChI=1S/C105H176O16P2/c1-4-7-10-13-16-19-22-25-28-31-34-37-40-42-44-46-47-48-49-50-51-53-55-56-59-61-64-67-70-73-76-79-82-85-88-91-103(108)115-94-100(106)95-117-122(111,112)118-96-101(107)97-119-123(113,114)120-99-102(121-105(110)93-90-87-84-81-78-75-72-69-66-63-58-39-36-33-30-27-24-21-18-15-12-9-6-3)98-116-104(109)92-89-86-83-80-77-74-71-68-65-62-60-57-54-52-45-43-41-38-35-32-29-26-23-20-17-14-11-8-5-2/h7-12,16-21,25-30,34-39,42-45,63,66,72,75,100-102,106-107H,4-6,13-15,22-24,31-33,40-41,46-62,64-65,67-71,73-74,76-99H2,1-3H3,(H,111,112)(H,113,114)/b10-7-,11-8-,12-9-,19-16-,20-17-,21-18-,28-25-,29-26-,30-27-,37-34-,38-35-,39-36-,44-42-,45-43-,66-63-,75-72-. The second-order valence-electron chi connectivity index (χ2n) is 32.1. The summed E-state index contributed by atoms with van der Waals surface area (Å²) in [7, 11) is -9.83. The van der Waals surface area contributed by atoms with Crippen molar-refractivity contribution in [3.05, 3.63) is 194 Å². The van der Waals surface area contributed by atoms with Crippen LogP contribution in [0, 0.1) is 0 Å². The number of rotatable bonds is 91. The molecular weight excluding hydrogens is 1580 g/mol. The monoisotopic (exact) mass is 1760 g/mol. The van der Waals surface area contributed by atoms with Gasteiger partial charge in [0, 0.05) is 19.3 Å². The fourth-order valence-corrected chi connectivity index (χ4v) is 14.6. The molecule has 16 nitrogen and oxygen atoms in total. The maximum Gasteiger partial charge on any atom is 0.472 e. The first-order chi connectivity index (χ1) is 60.2. The smallest absolute Gasteiger partial charge is 0.463 e. The van der Waals surface area contributed by atoms with Gasteiger partial charge < -0.3 is 34.2 Å². The second-order valence-corrected chi connectivity index (χ2v) is 35.0. The molecule has 0 aliphatic carbocycles. The van der Waals surface area contributed by atoms with E-state index < -0.39 is 91.5 Å². The summed E-state index contributed by atoms with van der Waals surface area (Å²) in [5.41, 5.74) is 0. The Balaban J connectivity index is 4.58. The van der Waals surface area contributed by atoms with Crippen molar-refractivity contribution in [3.8, 4) is 0 Å². The van der Waals surface area contributed by atoms with Crippen molar-refractivity contribution >= 4 is 33.6 Å². The average Bonchev–Trinajstić information content (AvgIpc) is 0.909. The fourth-order valence-electron chi connectivity index (χ4n) is 13.0. The summed E-state index contributed by atoms with van der Waals surface area (Å²) in [6, 6.07) is 0. The van der Waals surface area contributed by atoms with Crippen LogP contribution in [0.5, 0.6) is 0 Å². The van der Waals surface area contributed by atoms with Gasteiger partial charge in [-0.15, -0.1) is 0 Å². The minimum atomic E-state index is -4.96. The summed E-state index contributed by atoms with van der Waals surface area (Å²) in [5, 5.41) is 20.8. The highest BCUT2D eigenvalue weighted by atomic mass is 31.2. The molecule has 0 saturated heterocycles. The molecule has 0 heterocycles. The van der Waals surface area contributed by atoms with Crippen LogP contribution in [0.25, 0.3) is 0 Å². The van der Waals surface area contributed by atoms with Gasteiger partial charge in [0.1, 0.15) is 25.4 Å². The van der Waals surface area contributed by atoms with Gasteiger partial charge in [-0.05, 0) is 161 Å². The molecule has 18 heteroatoms. The quantitative estimate of drug-likeness (QED) is 0.0146. The van der Waals surface area contributed by atoms with Crippen molar-refractivity contribution in [3.63, 3.8) is 0 Å². The zero-order chi connectivity index (χ0) is 89.3. The number of aliphatic hydroxyl groups excluding tert-OH is 2. The third kappa shape index (κ3) is 96.9. The number of aliphatic hydroxyl groups is 2. The Bertz CT molecular complexity index is 3020. The van der Waals surface area contributed by atoms with Gasteiger partial charge in [-0.1, -0.05) is 408 Å². The Labute approximate surface area is 750 Å². The number of unbranched alkanes of at least 4 members (excludes halogenated alkanes) is 36. The van der Waals surface area contributed by atoms with E-state index in [4.69, 9.17) is 32.3 Å². The van der Waals surface area contributed by atoms with Gasteiger partial charge in [0.25, 0.3) is 0 Å². The first kappa shape index (κ1) is 117. The third-order valence-corrected chi connectivity index (χ3v) is 22.2. The molecule has 5 unspecified atom stereocenters. The fraction of sp³-hybridized carbons (Fsp3) is 0.667. The van der Waals surface area contributed by atoms with Gasteiger partial charge in [0.15, 0.2) is 6.10 Å². The Morgan fingerprint density at radius 2 is 0.407 bits per heavy atom. The molecule has 702 valence electrons. The Morgan fingerprint density at radius 3 is 0.642 bits per heavy atom. The van der Waals surface area contributed by atoms with Gasteiger partial charge >= 0.3 is 33.6 Å². The molecule has 0 radical (unpaired) electrons. The largest absolute Gasteiger partial charge is 0.472 e. The molecule has 4 N–H and O–H groups in total.